The molecule has 1 aliphatic rings. The molecule has 1 aromatic rings. The third kappa shape index (κ3) is 3.30. The van der Waals surface area contributed by atoms with Gasteiger partial charge in [-0.2, -0.15) is 0 Å². The van der Waals surface area contributed by atoms with Gasteiger partial charge in [0.25, 0.3) is 0 Å². The summed E-state index contributed by atoms with van der Waals surface area (Å²) in [6.07, 6.45) is 0.369. The van der Waals surface area contributed by atoms with Crippen LogP contribution in [0.25, 0.3) is 0 Å². The summed E-state index contributed by atoms with van der Waals surface area (Å²) < 4.78 is 18.5. The van der Waals surface area contributed by atoms with Crippen LogP contribution >= 0.6 is 0 Å². The van der Waals surface area contributed by atoms with Crippen LogP contribution in [0, 0.1) is 5.82 Å². The average Bonchev–Trinajstić information content (AvgIpc) is 2.40. The lowest BCUT2D eigenvalue weighted by Crippen LogP contribution is -2.48. The van der Waals surface area contributed by atoms with Crippen molar-refractivity contribution in [3.63, 3.8) is 0 Å². The Morgan fingerprint density at radius 1 is 1.53 bits per heavy atom. The number of carboxylic acid groups (broad SMARTS) is 1. The molecule has 1 aliphatic heterocycles. The van der Waals surface area contributed by atoms with Crippen molar-refractivity contribution in [2.45, 2.75) is 25.5 Å². The number of carbonyl (C=O) groups is 1. The quantitative estimate of drug-likeness (QED) is 0.907. The molecule has 2 atom stereocenters. The summed E-state index contributed by atoms with van der Waals surface area (Å²) in [5, 5.41) is 9.19. The first-order valence-corrected chi connectivity index (χ1v) is 6.45. The standard InChI is InChI=1S/C14H18FNO3/c1-2-12(14(17)18)16-7-8-19-13(9-16)10-3-5-11(15)6-4-10/h3-6,12-13H,2,7-9H2,1H3,(H,17,18). The maximum atomic E-state index is 12.9. The second kappa shape index (κ2) is 6.12. The number of benzene rings is 1. The van der Waals surface area contributed by atoms with Crippen LogP contribution in [0.4, 0.5) is 4.39 Å². The molecular weight excluding hydrogens is 249 g/mol. The molecule has 0 radical (unpaired) electrons. The summed E-state index contributed by atoms with van der Waals surface area (Å²) in [4.78, 5) is 13.1. The molecule has 2 rings (SSSR count). The third-order valence-electron chi connectivity index (χ3n) is 3.45. The van der Waals surface area contributed by atoms with Gasteiger partial charge in [0.15, 0.2) is 0 Å². The largest absolute Gasteiger partial charge is 0.480 e. The molecule has 2 unspecified atom stereocenters. The van der Waals surface area contributed by atoms with Gasteiger partial charge in [0.2, 0.25) is 0 Å². The van der Waals surface area contributed by atoms with Gasteiger partial charge in [0.1, 0.15) is 11.9 Å². The zero-order valence-electron chi connectivity index (χ0n) is 10.9. The predicted molar refractivity (Wildman–Crippen MR) is 68.4 cm³/mol. The lowest BCUT2D eigenvalue weighted by atomic mass is 10.1. The Hall–Kier alpha value is -1.46. The molecule has 0 bridgehead atoms. The summed E-state index contributed by atoms with van der Waals surface area (Å²) >= 11 is 0. The third-order valence-corrected chi connectivity index (χ3v) is 3.45. The number of rotatable bonds is 4. The number of morpholine rings is 1. The van der Waals surface area contributed by atoms with E-state index in [-0.39, 0.29) is 11.9 Å². The highest BCUT2D eigenvalue weighted by molar-refractivity contribution is 5.73. The van der Waals surface area contributed by atoms with Gasteiger partial charge in [-0.3, -0.25) is 9.69 Å². The van der Waals surface area contributed by atoms with Gasteiger partial charge < -0.3 is 9.84 Å². The van der Waals surface area contributed by atoms with E-state index in [1.807, 2.05) is 11.8 Å². The fraction of sp³-hybridized carbons (Fsp3) is 0.500. The molecule has 1 aromatic carbocycles. The Labute approximate surface area is 111 Å². The van der Waals surface area contributed by atoms with Crippen molar-refractivity contribution in [1.29, 1.82) is 0 Å². The highest BCUT2D eigenvalue weighted by Gasteiger charge is 2.30. The van der Waals surface area contributed by atoms with Crippen molar-refractivity contribution in [3.05, 3.63) is 35.6 Å². The Kier molecular flexibility index (Phi) is 4.50. The highest BCUT2D eigenvalue weighted by Crippen LogP contribution is 2.24. The topological polar surface area (TPSA) is 49.8 Å². The van der Waals surface area contributed by atoms with Crippen LogP contribution in [-0.2, 0) is 9.53 Å². The number of halogens is 1. The van der Waals surface area contributed by atoms with E-state index in [2.05, 4.69) is 0 Å². The van der Waals surface area contributed by atoms with Gasteiger partial charge in [0.05, 0.1) is 12.7 Å². The minimum atomic E-state index is -0.803. The molecule has 1 heterocycles. The molecule has 0 spiro atoms. The number of aliphatic carboxylic acids is 1. The van der Waals surface area contributed by atoms with Gasteiger partial charge in [-0.1, -0.05) is 19.1 Å². The molecule has 104 valence electrons. The minimum Gasteiger partial charge on any atom is -0.480 e. The molecule has 0 saturated carbocycles. The lowest BCUT2D eigenvalue weighted by molar-refractivity contribution is -0.147. The Balaban J connectivity index is 2.08. The van der Waals surface area contributed by atoms with Crippen LogP contribution in [0.5, 0.6) is 0 Å². The molecule has 0 aromatic heterocycles. The normalized spacial score (nSPS) is 22.1. The number of hydrogen-bond donors (Lipinski definition) is 1. The molecule has 1 N–H and O–H groups in total. The van der Waals surface area contributed by atoms with Crippen molar-refractivity contribution >= 4 is 5.97 Å². The second-order valence-corrected chi connectivity index (χ2v) is 4.67. The second-order valence-electron chi connectivity index (χ2n) is 4.67. The van der Waals surface area contributed by atoms with Gasteiger partial charge in [0, 0.05) is 13.1 Å². The van der Waals surface area contributed by atoms with Crippen molar-refractivity contribution in [2.75, 3.05) is 19.7 Å². The van der Waals surface area contributed by atoms with Crippen molar-refractivity contribution in [3.8, 4) is 0 Å². The highest BCUT2D eigenvalue weighted by atomic mass is 19.1. The van der Waals surface area contributed by atoms with E-state index in [9.17, 15) is 14.3 Å². The lowest BCUT2D eigenvalue weighted by Gasteiger charge is -2.36. The molecule has 1 fully saturated rings. The zero-order chi connectivity index (χ0) is 13.8. The van der Waals surface area contributed by atoms with E-state index in [0.717, 1.165) is 5.56 Å². The minimum absolute atomic E-state index is 0.192. The number of nitrogens with zero attached hydrogens (tertiary/aromatic N) is 1. The summed E-state index contributed by atoms with van der Waals surface area (Å²) in [5.41, 5.74) is 0.881. The molecular formula is C14H18FNO3. The van der Waals surface area contributed by atoms with Gasteiger partial charge in [-0.15, -0.1) is 0 Å². The Morgan fingerprint density at radius 3 is 2.79 bits per heavy atom. The van der Waals surface area contributed by atoms with E-state index >= 15 is 0 Å². The van der Waals surface area contributed by atoms with Crippen molar-refractivity contribution < 1.29 is 19.0 Å². The van der Waals surface area contributed by atoms with Crippen LogP contribution in [0.2, 0.25) is 0 Å². The van der Waals surface area contributed by atoms with Gasteiger partial charge >= 0.3 is 5.97 Å². The summed E-state index contributed by atoms with van der Waals surface area (Å²) in [6.45, 7) is 3.49. The predicted octanol–water partition coefficient (Wildman–Crippen LogP) is 2.06. The SMILES string of the molecule is CCC(C(=O)O)N1CCOC(c2ccc(F)cc2)C1. The molecule has 1 saturated heterocycles. The van der Waals surface area contributed by atoms with E-state index in [0.29, 0.717) is 26.1 Å². The summed E-state index contributed by atoms with van der Waals surface area (Å²) in [5.74, 6) is -1.09. The van der Waals surface area contributed by atoms with Crippen LogP contribution in [0.15, 0.2) is 24.3 Å². The number of hydrogen-bond acceptors (Lipinski definition) is 3. The molecule has 5 heteroatoms. The maximum absolute atomic E-state index is 12.9. The first-order valence-electron chi connectivity index (χ1n) is 6.45. The van der Waals surface area contributed by atoms with E-state index in [1.165, 1.54) is 12.1 Å². The van der Waals surface area contributed by atoms with Crippen LogP contribution in [0.1, 0.15) is 25.0 Å². The monoisotopic (exact) mass is 267 g/mol. The van der Waals surface area contributed by atoms with Crippen LogP contribution in [0.3, 0.4) is 0 Å². The Morgan fingerprint density at radius 2 is 2.21 bits per heavy atom. The molecule has 0 aliphatic carbocycles. The summed E-state index contributed by atoms with van der Waals surface area (Å²) in [6, 6.07) is 5.68. The Bertz CT molecular complexity index is 435. The number of carboxylic acids is 1. The fourth-order valence-corrected chi connectivity index (χ4v) is 2.42. The number of ether oxygens (including phenoxy) is 1. The maximum Gasteiger partial charge on any atom is 0.320 e. The van der Waals surface area contributed by atoms with E-state index in [4.69, 9.17) is 4.74 Å². The van der Waals surface area contributed by atoms with Crippen molar-refractivity contribution in [1.82, 2.24) is 4.90 Å². The van der Waals surface area contributed by atoms with E-state index in [1.54, 1.807) is 12.1 Å². The van der Waals surface area contributed by atoms with Gasteiger partial charge in [-0.25, -0.2) is 4.39 Å². The average molecular weight is 267 g/mol. The molecule has 19 heavy (non-hydrogen) atoms. The first kappa shape index (κ1) is 14.0. The summed E-state index contributed by atoms with van der Waals surface area (Å²) in [7, 11) is 0. The van der Waals surface area contributed by atoms with Crippen LogP contribution < -0.4 is 0 Å². The molecule has 0 amide bonds. The zero-order valence-corrected chi connectivity index (χ0v) is 10.9. The first-order chi connectivity index (χ1) is 9.11. The van der Waals surface area contributed by atoms with Crippen LogP contribution in [-0.4, -0.2) is 41.7 Å². The fourth-order valence-electron chi connectivity index (χ4n) is 2.42. The molecule has 4 nitrogen and oxygen atoms in total. The smallest absolute Gasteiger partial charge is 0.320 e. The van der Waals surface area contributed by atoms with Gasteiger partial charge in [-0.05, 0) is 24.1 Å². The van der Waals surface area contributed by atoms with E-state index < -0.39 is 12.0 Å². The van der Waals surface area contributed by atoms with Crippen molar-refractivity contribution in [2.24, 2.45) is 0 Å².